The Bertz CT molecular complexity index is 673. The van der Waals surface area contributed by atoms with Crippen LogP contribution in [0.25, 0.3) is 11.3 Å². The summed E-state index contributed by atoms with van der Waals surface area (Å²) in [4.78, 5) is 0. The van der Waals surface area contributed by atoms with E-state index in [4.69, 9.17) is 5.73 Å². The fraction of sp³-hybridized carbons (Fsp3) is 0. The molecule has 0 unspecified atom stereocenters. The molecule has 0 aliphatic rings. The number of H-pyrrole nitrogens is 1. The summed E-state index contributed by atoms with van der Waals surface area (Å²) in [6, 6.07) is 17.7. The Balaban J connectivity index is 1.96. The van der Waals surface area contributed by atoms with Gasteiger partial charge in [-0.25, -0.2) is 0 Å². The van der Waals surface area contributed by atoms with Crippen molar-refractivity contribution in [2.24, 2.45) is 0 Å². The molecule has 1 heterocycles. The Hall–Kier alpha value is -2.75. The highest BCUT2D eigenvalue weighted by Gasteiger charge is 2.08. The first-order chi connectivity index (χ1) is 9.34. The van der Waals surface area contributed by atoms with Crippen molar-refractivity contribution in [1.82, 2.24) is 10.2 Å². The monoisotopic (exact) mass is 250 g/mol. The Labute approximate surface area is 111 Å². The van der Waals surface area contributed by atoms with Crippen molar-refractivity contribution in [3.05, 3.63) is 60.8 Å². The summed E-state index contributed by atoms with van der Waals surface area (Å²) in [6.45, 7) is 0. The standard InChI is InChI=1S/C15H14N4/c16-12-8-4-5-9-13(12)18-14-10-17-19-15(14)11-6-2-1-3-7-11/h1-10,18H,16H2,(H,17,19). The molecule has 4 nitrogen and oxygen atoms in total. The van der Waals surface area contributed by atoms with Crippen LogP contribution in [0.2, 0.25) is 0 Å². The normalized spacial score (nSPS) is 10.3. The molecule has 4 N–H and O–H groups in total. The molecule has 0 amide bonds. The zero-order chi connectivity index (χ0) is 13.1. The molecule has 0 atom stereocenters. The molecule has 0 fully saturated rings. The number of rotatable bonds is 3. The van der Waals surface area contributed by atoms with Gasteiger partial charge in [-0.1, -0.05) is 42.5 Å². The van der Waals surface area contributed by atoms with Crippen LogP contribution in [0.3, 0.4) is 0 Å². The maximum absolute atomic E-state index is 5.93. The first-order valence-corrected chi connectivity index (χ1v) is 6.05. The molecule has 19 heavy (non-hydrogen) atoms. The number of aromatic nitrogens is 2. The maximum Gasteiger partial charge on any atom is 0.0885 e. The van der Waals surface area contributed by atoms with Gasteiger partial charge in [-0.2, -0.15) is 5.10 Å². The van der Waals surface area contributed by atoms with E-state index in [2.05, 4.69) is 15.5 Å². The topological polar surface area (TPSA) is 66.7 Å². The first-order valence-electron chi connectivity index (χ1n) is 6.05. The lowest BCUT2D eigenvalue weighted by atomic mass is 10.1. The number of hydrogen-bond acceptors (Lipinski definition) is 3. The van der Waals surface area contributed by atoms with Crippen molar-refractivity contribution in [2.75, 3.05) is 11.1 Å². The van der Waals surface area contributed by atoms with Crippen LogP contribution in [0.1, 0.15) is 0 Å². The molecule has 0 aliphatic heterocycles. The number of nitrogens with zero attached hydrogens (tertiary/aromatic N) is 1. The zero-order valence-electron chi connectivity index (χ0n) is 10.3. The van der Waals surface area contributed by atoms with Crippen LogP contribution in [0, 0.1) is 0 Å². The SMILES string of the molecule is Nc1ccccc1Nc1cn[nH]c1-c1ccccc1. The lowest BCUT2D eigenvalue weighted by molar-refractivity contribution is 1.10. The Morgan fingerprint density at radius 3 is 2.42 bits per heavy atom. The number of nitrogens with one attached hydrogen (secondary N) is 2. The molecule has 0 saturated heterocycles. The number of aromatic amines is 1. The highest BCUT2D eigenvalue weighted by Crippen LogP contribution is 2.29. The van der Waals surface area contributed by atoms with Gasteiger partial charge in [0.25, 0.3) is 0 Å². The molecule has 2 aromatic carbocycles. The first kappa shape index (κ1) is 11.3. The Kier molecular flexibility index (Phi) is 2.90. The number of benzene rings is 2. The minimum Gasteiger partial charge on any atom is -0.397 e. The summed E-state index contributed by atoms with van der Waals surface area (Å²) >= 11 is 0. The smallest absolute Gasteiger partial charge is 0.0885 e. The summed E-state index contributed by atoms with van der Waals surface area (Å²) in [5.74, 6) is 0. The second-order valence-corrected chi connectivity index (χ2v) is 4.24. The van der Waals surface area contributed by atoms with Crippen LogP contribution >= 0.6 is 0 Å². The van der Waals surface area contributed by atoms with Gasteiger partial charge in [0.1, 0.15) is 0 Å². The molecule has 3 rings (SSSR count). The van der Waals surface area contributed by atoms with Gasteiger partial charge in [-0.15, -0.1) is 0 Å². The van der Waals surface area contributed by atoms with Crippen LogP contribution in [-0.2, 0) is 0 Å². The molecular weight excluding hydrogens is 236 g/mol. The number of nitrogen functional groups attached to an aromatic ring is 1. The van der Waals surface area contributed by atoms with Gasteiger partial charge in [0.15, 0.2) is 0 Å². The third kappa shape index (κ3) is 2.28. The van der Waals surface area contributed by atoms with Crippen LogP contribution in [0.4, 0.5) is 17.1 Å². The average molecular weight is 250 g/mol. The van der Waals surface area contributed by atoms with Gasteiger partial charge in [0, 0.05) is 5.56 Å². The fourth-order valence-corrected chi connectivity index (χ4v) is 1.96. The fourth-order valence-electron chi connectivity index (χ4n) is 1.96. The minimum absolute atomic E-state index is 0.711. The molecule has 0 radical (unpaired) electrons. The van der Waals surface area contributed by atoms with Crippen molar-refractivity contribution in [1.29, 1.82) is 0 Å². The number of nitrogens with two attached hydrogens (primary N) is 1. The van der Waals surface area contributed by atoms with E-state index in [1.807, 2.05) is 54.6 Å². The predicted molar refractivity (Wildman–Crippen MR) is 78.2 cm³/mol. The molecule has 94 valence electrons. The summed E-state index contributed by atoms with van der Waals surface area (Å²) in [5, 5.41) is 10.4. The van der Waals surface area contributed by atoms with E-state index < -0.39 is 0 Å². The maximum atomic E-state index is 5.93. The van der Waals surface area contributed by atoms with Crippen molar-refractivity contribution in [3.63, 3.8) is 0 Å². The number of anilines is 3. The van der Waals surface area contributed by atoms with E-state index in [9.17, 15) is 0 Å². The number of para-hydroxylation sites is 2. The third-order valence-electron chi connectivity index (χ3n) is 2.93. The largest absolute Gasteiger partial charge is 0.397 e. The molecule has 3 aromatic rings. The van der Waals surface area contributed by atoms with Gasteiger partial charge in [0.05, 0.1) is 29.0 Å². The van der Waals surface area contributed by atoms with E-state index in [1.54, 1.807) is 6.20 Å². The summed E-state index contributed by atoms with van der Waals surface area (Å²) in [5.41, 5.74) is 10.5. The average Bonchev–Trinajstić information content (AvgIpc) is 2.91. The second kappa shape index (κ2) is 4.86. The Morgan fingerprint density at radius 1 is 0.895 bits per heavy atom. The minimum atomic E-state index is 0.711. The van der Waals surface area contributed by atoms with E-state index in [1.165, 1.54) is 0 Å². The van der Waals surface area contributed by atoms with Crippen LogP contribution < -0.4 is 11.1 Å². The van der Waals surface area contributed by atoms with Gasteiger partial charge in [-0.3, -0.25) is 5.10 Å². The second-order valence-electron chi connectivity index (χ2n) is 4.24. The molecule has 1 aromatic heterocycles. The Morgan fingerprint density at radius 2 is 1.63 bits per heavy atom. The van der Waals surface area contributed by atoms with Gasteiger partial charge in [-0.05, 0) is 12.1 Å². The number of hydrogen-bond donors (Lipinski definition) is 3. The van der Waals surface area contributed by atoms with Crippen molar-refractivity contribution in [2.45, 2.75) is 0 Å². The lowest BCUT2D eigenvalue weighted by Gasteiger charge is -2.09. The zero-order valence-corrected chi connectivity index (χ0v) is 10.3. The molecule has 0 aliphatic carbocycles. The molecule has 0 bridgehead atoms. The van der Waals surface area contributed by atoms with Gasteiger partial charge in [0.2, 0.25) is 0 Å². The van der Waals surface area contributed by atoms with Crippen molar-refractivity contribution >= 4 is 17.1 Å². The highest BCUT2D eigenvalue weighted by atomic mass is 15.1. The predicted octanol–water partition coefficient (Wildman–Crippen LogP) is 3.40. The van der Waals surface area contributed by atoms with Crippen LogP contribution in [-0.4, -0.2) is 10.2 Å². The van der Waals surface area contributed by atoms with Crippen molar-refractivity contribution in [3.8, 4) is 11.3 Å². The van der Waals surface area contributed by atoms with E-state index in [0.717, 1.165) is 22.6 Å². The summed E-state index contributed by atoms with van der Waals surface area (Å²) < 4.78 is 0. The molecule has 4 heteroatoms. The van der Waals surface area contributed by atoms with E-state index in [0.29, 0.717) is 5.69 Å². The highest BCUT2D eigenvalue weighted by molar-refractivity contribution is 5.81. The summed E-state index contributed by atoms with van der Waals surface area (Å²) in [7, 11) is 0. The summed E-state index contributed by atoms with van der Waals surface area (Å²) in [6.07, 6.45) is 1.76. The van der Waals surface area contributed by atoms with Crippen LogP contribution in [0.5, 0.6) is 0 Å². The third-order valence-corrected chi connectivity index (χ3v) is 2.93. The van der Waals surface area contributed by atoms with Crippen molar-refractivity contribution < 1.29 is 0 Å². The van der Waals surface area contributed by atoms with Crippen LogP contribution in [0.15, 0.2) is 60.8 Å². The van der Waals surface area contributed by atoms with Gasteiger partial charge >= 0.3 is 0 Å². The van der Waals surface area contributed by atoms with Gasteiger partial charge < -0.3 is 11.1 Å². The molecular formula is C15H14N4. The quantitative estimate of drug-likeness (QED) is 0.624. The van der Waals surface area contributed by atoms with E-state index >= 15 is 0 Å². The molecule has 0 saturated carbocycles. The lowest BCUT2D eigenvalue weighted by Crippen LogP contribution is -1.96. The van der Waals surface area contributed by atoms with E-state index in [-0.39, 0.29) is 0 Å². The molecule has 0 spiro atoms.